The predicted molar refractivity (Wildman–Crippen MR) is 69.7 cm³/mol. The van der Waals surface area contributed by atoms with Gasteiger partial charge in [0.25, 0.3) is 0 Å². The summed E-state index contributed by atoms with van der Waals surface area (Å²) in [6, 6.07) is 4.09. The highest BCUT2D eigenvalue weighted by Gasteiger charge is 2.40. The van der Waals surface area contributed by atoms with Gasteiger partial charge in [-0.1, -0.05) is 0 Å². The van der Waals surface area contributed by atoms with Crippen LogP contribution in [0.1, 0.15) is 26.2 Å². The number of pyridine rings is 1. The second kappa shape index (κ2) is 4.65. The molecule has 0 spiro atoms. The van der Waals surface area contributed by atoms with E-state index in [4.69, 9.17) is 15.2 Å². The van der Waals surface area contributed by atoms with Crippen LogP contribution in [0.4, 0.5) is 11.5 Å². The number of ether oxygens (including phenoxy) is 2. The molecule has 0 aromatic carbocycles. The summed E-state index contributed by atoms with van der Waals surface area (Å²) in [5.74, 6) is 1.32. The molecule has 3 rings (SSSR count). The molecular formula is C13H19N3O2. The Morgan fingerprint density at radius 1 is 1.50 bits per heavy atom. The monoisotopic (exact) mass is 249 g/mol. The van der Waals surface area contributed by atoms with Crippen LogP contribution in [0, 0.1) is 0 Å². The molecule has 2 bridgehead atoms. The van der Waals surface area contributed by atoms with Crippen LogP contribution in [-0.2, 0) is 4.74 Å². The van der Waals surface area contributed by atoms with Gasteiger partial charge >= 0.3 is 0 Å². The Morgan fingerprint density at radius 2 is 2.39 bits per heavy atom. The van der Waals surface area contributed by atoms with Gasteiger partial charge in [0.1, 0.15) is 5.82 Å². The first-order valence-corrected chi connectivity index (χ1v) is 6.57. The van der Waals surface area contributed by atoms with E-state index in [-0.39, 0.29) is 0 Å². The molecule has 2 saturated heterocycles. The van der Waals surface area contributed by atoms with Crippen molar-refractivity contribution in [3.05, 3.63) is 12.1 Å². The molecule has 0 amide bonds. The smallest absolute Gasteiger partial charge is 0.239 e. The first-order valence-electron chi connectivity index (χ1n) is 6.57. The molecule has 98 valence electrons. The van der Waals surface area contributed by atoms with E-state index in [0.29, 0.717) is 36.4 Å². The summed E-state index contributed by atoms with van der Waals surface area (Å²) in [7, 11) is 0. The molecule has 2 aliphatic heterocycles. The number of nitrogen functional groups attached to an aromatic ring is 1. The summed E-state index contributed by atoms with van der Waals surface area (Å²) < 4.78 is 11.2. The lowest BCUT2D eigenvalue weighted by Crippen LogP contribution is -2.30. The van der Waals surface area contributed by atoms with E-state index in [1.807, 2.05) is 19.1 Å². The number of nitrogens with one attached hydrogen (secondary N) is 1. The topological polar surface area (TPSA) is 69.4 Å². The van der Waals surface area contributed by atoms with Gasteiger partial charge in [-0.3, -0.25) is 0 Å². The van der Waals surface area contributed by atoms with Gasteiger partial charge in [0.2, 0.25) is 5.88 Å². The van der Waals surface area contributed by atoms with Crippen molar-refractivity contribution in [1.82, 2.24) is 4.98 Å². The normalized spacial score (nSPS) is 29.5. The quantitative estimate of drug-likeness (QED) is 0.851. The SMILES string of the molecule is CCOc1nc(NC2CC3CCC2O3)ccc1N. The van der Waals surface area contributed by atoms with Crippen molar-refractivity contribution in [3.8, 4) is 5.88 Å². The van der Waals surface area contributed by atoms with Crippen molar-refractivity contribution in [2.75, 3.05) is 17.7 Å². The molecular weight excluding hydrogens is 230 g/mol. The number of anilines is 2. The fourth-order valence-corrected chi connectivity index (χ4v) is 2.76. The standard InChI is InChI=1S/C13H19N3O2/c1-2-17-13-9(14)4-6-12(16-13)15-10-7-8-3-5-11(10)18-8/h4,6,8,10-11H,2-3,5,7,14H2,1H3,(H,15,16). The van der Waals surface area contributed by atoms with Gasteiger partial charge in [-0.05, 0) is 38.3 Å². The fourth-order valence-electron chi connectivity index (χ4n) is 2.76. The van der Waals surface area contributed by atoms with Gasteiger partial charge in [0.15, 0.2) is 0 Å². The fraction of sp³-hybridized carbons (Fsp3) is 0.615. The van der Waals surface area contributed by atoms with Crippen molar-refractivity contribution < 1.29 is 9.47 Å². The highest BCUT2D eigenvalue weighted by Crippen LogP contribution is 2.36. The molecule has 3 unspecified atom stereocenters. The average Bonchev–Trinajstić information content (AvgIpc) is 2.96. The van der Waals surface area contributed by atoms with Gasteiger partial charge in [-0.25, -0.2) is 0 Å². The van der Waals surface area contributed by atoms with Crippen LogP contribution >= 0.6 is 0 Å². The zero-order valence-electron chi connectivity index (χ0n) is 10.6. The van der Waals surface area contributed by atoms with E-state index in [0.717, 1.165) is 18.7 Å². The number of rotatable bonds is 4. The lowest BCUT2D eigenvalue weighted by atomic mass is 9.95. The Balaban J connectivity index is 1.71. The number of aromatic nitrogens is 1. The predicted octanol–water partition coefficient (Wildman–Crippen LogP) is 1.79. The first kappa shape index (κ1) is 11.6. The molecule has 3 atom stereocenters. The average molecular weight is 249 g/mol. The summed E-state index contributed by atoms with van der Waals surface area (Å²) in [6.07, 6.45) is 4.19. The minimum Gasteiger partial charge on any atom is -0.476 e. The largest absolute Gasteiger partial charge is 0.476 e. The van der Waals surface area contributed by atoms with E-state index in [1.54, 1.807) is 0 Å². The van der Waals surface area contributed by atoms with Crippen LogP contribution < -0.4 is 15.8 Å². The second-order valence-electron chi connectivity index (χ2n) is 4.88. The van der Waals surface area contributed by atoms with Gasteiger partial charge in [0, 0.05) is 0 Å². The van der Waals surface area contributed by atoms with Crippen LogP contribution in [0.2, 0.25) is 0 Å². The zero-order chi connectivity index (χ0) is 12.5. The summed E-state index contributed by atoms with van der Waals surface area (Å²) in [6.45, 7) is 2.49. The number of nitrogens with zero attached hydrogens (tertiary/aromatic N) is 1. The Hall–Kier alpha value is -1.49. The van der Waals surface area contributed by atoms with Gasteiger partial charge < -0.3 is 20.5 Å². The molecule has 1 aromatic heterocycles. The van der Waals surface area contributed by atoms with Crippen molar-refractivity contribution in [1.29, 1.82) is 0 Å². The first-order chi connectivity index (χ1) is 8.76. The minimum atomic E-state index is 0.338. The minimum absolute atomic E-state index is 0.338. The third-order valence-corrected chi connectivity index (χ3v) is 3.61. The number of fused-ring (bicyclic) bond motifs is 2. The third kappa shape index (κ3) is 2.10. The highest BCUT2D eigenvalue weighted by molar-refractivity contribution is 5.54. The maximum Gasteiger partial charge on any atom is 0.239 e. The van der Waals surface area contributed by atoms with Crippen molar-refractivity contribution in [2.24, 2.45) is 0 Å². The van der Waals surface area contributed by atoms with Crippen LogP contribution in [-0.4, -0.2) is 29.8 Å². The summed E-state index contributed by atoms with van der Waals surface area (Å²) >= 11 is 0. The second-order valence-corrected chi connectivity index (χ2v) is 4.88. The lowest BCUT2D eigenvalue weighted by molar-refractivity contribution is 0.102. The van der Waals surface area contributed by atoms with Crippen LogP contribution in [0.3, 0.4) is 0 Å². The zero-order valence-corrected chi connectivity index (χ0v) is 10.6. The van der Waals surface area contributed by atoms with E-state index in [1.165, 1.54) is 6.42 Å². The Kier molecular flexibility index (Phi) is 2.99. The van der Waals surface area contributed by atoms with Crippen LogP contribution in [0.5, 0.6) is 5.88 Å². The van der Waals surface area contributed by atoms with E-state index >= 15 is 0 Å². The van der Waals surface area contributed by atoms with Gasteiger partial charge in [-0.15, -0.1) is 0 Å². The summed E-state index contributed by atoms with van der Waals surface area (Å²) in [4.78, 5) is 4.40. The molecule has 18 heavy (non-hydrogen) atoms. The van der Waals surface area contributed by atoms with Gasteiger partial charge in [-0.2, -0.15) is 4.98 Å². The molecule has 0 saturated carbocycles. The molecule has 2 fully saturated rings. The van der Waals surface area contributed by atoms with Crippen molar-refractivity contribution in [2.45, 2.75) is 44.4 Å². The Bertz CT molecular complexity index is 438. The van der Waals surface area contributed by atoms with E-state index in [9.17, 15) is 0 Å². The molecule has 1 aromatic rings. The molecule has 5 nitrogen and oxygen atoms in total. The molecule has 3 N–H and O–H groups in total. The maximum atomic E-state index is 5.81. The lowest BCUT2D eigenvalue weighted by Gasteiger charge is -2.21. The van der Waals surface area contributed by atoms with Crippen molar-refractivity contribution in [3.63, 3.8) is 0 Å². The van der Waals surface area contributed by atoms with Gasteiger partial charge in [0.05, 0.1) is 30.5 Å². The molecule has 0 radical (unpaired) electrons. The van der Waals surface area contributed by atoms with Crippen LogP contribution in [0.15, 0.2) is 12.1 Å². The van der Waals surface area contributed by atoms with E-state index in [2.05, 4.69) is 10.3 Å². The Morgan fingerprint density at radius 3 is 3.06 bits per heavy atom. The summed E-state index contributed by atoms with van der Waals surface area (Å²) in [5.41, 5.74) is 6.38. The number of hydrogen-bond donors (Lipinski definition) is 2. The molecule has 0 aliphatic carbocycles. The molecule has 5 heteroatoms. The summed E-state index contributed by atoms with van der Waals surface area (Å²) in [5, 5.41) is 3.43. The van der Waals surface area contributed by atoms with E-state index < -0.39 is 0 Å². The Labute approximate surface area is 107 Å². The van der Waals surface area contributed by atoms with Crippen LogP contribution in [0.25, 0.3) is 0 Å². The molecule has 3 heterocycles. The third-order valence-electron chi connectivity index (χ3n) is 3.61. The highest BCUT2D eigenvalue weighted by atomic mass is 16.5. The van der Waals surface area contributed by atoms with Crippen molar-refractivity contribution >= 4 is 11.5 Å². The number of nitrogens with two attached hydrogens (primary N) is 1. The number of hydrogen-bond acceptors (Lipinski definition) is 5. The molecule has 2 aliphatic rings. The maximum absolute atomic E-state index is 5.81.